The Bertz CT molecular complexity index is 142. The molecule has 0 saturated carbocycles. The molecule has 0 bridgehead atoms. The van der Waals surface area contributed by atoms with E-state index in [-0.39, 0.29) is 0 Å². The molecule has 0 aliphatic heterocycles. The zero-order valence-electron chi connectivity index (χ0n) is 3.78. The lowest BCUT2D eigenvalue weighted by molar-refractivity contribution is 0.748. The standard InChI is InChI=1S/C4H5N3/c1-5-7-4-2-3-6-7/h2-4H,1H2. The Kier molecular flexibility index (Phi) is 0.898. The third-order valence-corrected chi connectivity index (χ3v) is 0.635. The van der Waals surface area contributed by atoms with Crippen molar-refractivity contribution in [3.63, 3.8) is 0 Å². The molecule has 1 heterocycles. The summed E-state index contributed by atoms with van der Waals surface area (Å²) in [4.78, 5) is 1.39. The maximum atomic E-state index is 3.72. The normalized spacial score (nSPS) is 8.57. The summed E-state index contributed by atoms with van der Waals surface area (Å²) < 4.78 is 0. The van der Waals surface area contributed by atoms with Crippen LogP contribution in [0, 0.1) is 0 Å². The van der Waals surface area contributed by atoms with Crippen molar-refractivity contribution in [2.24, 2.45) is 5.10 Å². The molecule has 0 atom stereocenters. The molecule has 1 aromatic rings. The fourth-order valence-electron chi connectivity index (χ4n) is 0.344. The molecule has 0 radical (unpaired) electrons. The first kappa shape index (κ1) is 4.05. The van der Waals surface area contributed by atoms with E-state index >= 15 is 0 Å². The largest absolute Gasteiger partial charge is 0.167 e. The third kappa shape index (κ3) is 0.652. The van der Waals surface area contributed by atoms with Gasteiger partial charge in [0.25, 0.3) is 0 Å². The Morgan fingerprint density at radius 3 is 2.86 bits per heavy atom. The summed E-state index contributed by atoms with van der Waals surface area (Å²) in [7, 11) is 0. The molecule has 0 spiro atoms. The first-order valence-corrected chi connectivity index (χ1v) is 1.90. The highest BCUT2D eigenvalue weighted by Gasteiger charge is 1.74. The smallest absolute Gasteiger partial charge is 0.0511 e. The average molecular weight is 95.1 g/mol. The summed E-state index contributed by atoms with van der Waals surface area (Å²) in [5.74, 6) is 0. The molecule has 0 N–H and O–H groups in total. The average Bonchev–Trinajstić information content (AvgIpc) is 2.14. The van der Waals surface area contributed by atoms with Crippen molar-refractivity contribution in [3.05, 3.63) is 18.5 Å². The van der Waals surface area contributed by atoms with Gasteiger partial charge in [-0.05, 0) is 6.07 Å². The van der Waals surface area contributed by atoms with Gasteiger partial charge in [0.05, 0.1) is 12.4 Å². The molecule has 0 unspecified atom stereocenters. The van der Waals surface area contributed by atoms with Crippen LogP contribution in [-0.2, 0) is 0 Å². The molecule has 0 aromatic carbocycles. The highest BCUT2D eigenvalue weighted by molar-refractivity contribution is 5.22. The van der Waals surface area contributed by atoms with Crippen LogP contribution in [0.5, 0.6) is 0 Å². The molecule has 0 aliphatic rings. The minimum Gasteiger partial charge on any atom is -0.167 e. The van der Waals surface area contributed by atoms with Crippen LogP contribution in [0.2, 0.25) is 0 Å². The topological polar surface area (TPSA) is 30.2 Å². The van der Waals surface area contributed by atoms with Crippen LogP contribution >= 0.6 is 0 Å². The van der Waals surface area contributed by atoms with Gasteiger partial charge in [-0.3, -0.25) is 0 Å². The summed E-state index contributed by atoms with van der Waals surface area (Å²) in [6.45, 7) is 3.25. The molecule has 1 rings (SSSR count). The van der Waals surface area contributed by atoms with E-state index in [1.54, 1.807) is 18.5 Å². The second-order valence-electron chi connectivity index (χ2n) is 1.07. The van der Waals surface area contributed by atoms with Gasteiger partial charge >= 0.3 is 0 Å². The lowest BCUT2D eigenvalue weighted by Crippen LogP contribution is -1.83. The fourth-order valence-corrected chi connectivity index (χ4v) is 0.344. The van der Waals surface area contributed by atoms with E-state index in [0.29, 0.717) is 0 Å². The van der Waals surface area contributed by atoms with Crippen molar-refractivity contribution < 1.29 is 0 Å². The van der Waals surface area contributed by atoms with Crippen molar-refractivity contribution in [3.8, 4) is 0 Å². The van der Waals surface area contributed by atoms with Crippen molar-refractivity contribution in [2.45, 2.75) is 0 Å². The Labute approximate surface area is 41.3 Å². The molecule has 7 heavy (non-hydrogen) atoms. The quantitative estimate of drug-likeness (QED) is 0.463. The fraction of sp³-hybridized carbons (Fsp3) is 0. The number of hydrogen-bond acceptors (Lipinski definition) is 2. The van der Waals surface area contributed by atoms with Gasteiger partial charge in [0.2, 0.25) is 0 Å². The van der Waals surface area contributed by atoms with Gasteiger partial charge < -0.3 is 0 Å². The van der Waals surface area contributed by atoms with Gasteiger partial charge in [0.15, 0.2) is 0 Å². The maximum Gasteiger partial charge on any atom is 0.0511 e. The molecular formula is C4H5N3. The predicted octanol–water partition coefficient (Wildman–Crippen LogP) is 0.347. The molecule has 0 aliphatic carbocycles. The van der Waals surface area contributed by atoms with Crippen LogP contribution in [0.3, 0.4) is 0 Å². The van der Waals surface area contributed by atoms with E-state index in [2.05, 4.69) is 16.9 Å². The van der Waals surface area contributed by atoms with Gasteiger partial charge in [-0.15, -0.1) is 0 Å². The highest BCUT2D eigenvalue weighted by Crippen LogP contribution is 1.78. The van der Waals surface area contributed by atoms with E-state index in [9.17, 15) is 0 Å². The van der Waals surface area contributed by atoms with Gasteiger partial charge in [-0.1, -0.05) is 0 Å². The summed E-state index contributed by atoms with van der Waals surface area (Å²) in [6, 6.07) is 1.79. The van der Waals surface area contributed by atoms with Crippen molar-refractivity contribution in [1.29, 1.82) is 0 Å². The minimum absolute atomic E-state index is 1.39. The van der Waals surface area contributed by atoms with Crippen LogP contribution in [0.4, 0.5) is 0 Å². The van der Waals surface area contributed by atoms with Crippen LogP contribution in [-0.4, -0.2) is 16.6 Å². The Hall–Kier alpha value is -1.12. The summed E-state index contributed by atoms with van der Waals surface area (Å²) in [5, 5.41) is 7.21. The molecular weight excluding hydrogens is 90.1 g/mol. The predicted molar refractivity (Wildman–Crippen MR) is 27.2 cm³/mol. The summed E-state index contributed by atoms with van der Waals surface area (Å²) >= 11 is 0. The number of rotatable bonds is 1. The van der Waals surface area contributed by atoms with Crippen molar-refractivity contribution in [1.82, 2.24) is 9.89 Å². The third-order valence-electron chi connectivity index (χ3n) is 0.635. The molecule has 3 nitrogen and oxygen atoms in total. The van der Waals surface area contributed by atoms with E-state index in [4.69, 9.17) is 0 Å². The van der Waals surface area contributed by atoms with Crippen LogP contribution < -0.4 is 0 Å². The number of aromatic nitrogens is 2. The maximum absolute atomic E-state index is 3.72. The molecule has 1 aromatic heterocycles. The van der Waals surface area contributed by atoms with Crippen molar-refractivity contribution in [2.75, 3.05) is 0 Å². The molecule has 3 heteroatoms. The zero-order chi connectivity index (χ0) is 5.11. The van der Waals surface area contributed by atoms with Gasteiger partial charge in [-0.2, -0.15) is 15.0 Å². The Morgan fingerprint density at radius 2 is 2.57 bits per heavy atom. The lowest BCUT2D eigenvalue weighted by Gasteiger charge is -1.80. The second-order valence-corrected chi connectivity index (χ2v) is 1.07. The van der Waals surface area contributed by atoms with E-state index in [1.165, 1.54) is 4.79 Å². The van der Waals surface area contributed by atoms with Crippen LogP contribution in [0.1, 0.15) is 0 Å². The first-order valence-electron chi connectivity index (χ1n) is 1.90. The molecule has 36 valence electrons. The van der Waals surface area contributed by atoms with E-state index in [0.717, 1.165) is 0 Å². The monoisotopic (exact) mass is 95.0 g/mol. The first-order chi connectivity index (χ1) is 3.43. The Morgan fingerprint density at radius 1 is 1.71 bits per heavy atom. The van der Waals surface area contributed by atoms with Crippen LogP contribution in [0.15, 0.2) is 23.6 Å². The van der Waals surface area contributed by atoms with Crippen LogP contribution in [0.25, 0.3) is 0 Å². The van der Waals surface area contributed by atoms with Gasteiger partial charge in [0, 0.05) is 6.72 Å². The highest BCUT2D eigenvalue weighted by atomic mass is 15.5. The van der Waals surface area contributed by atoms with E-state index < -0.39 is 0 Å². The summed E-state index contributed by atoms with van der Waals surface area (Å²) in [6.07, 6.45) is 3.36. The summed E-state index contributed by atoms with van der Waals surface area (Å²) in [5.41, 5.74) is 0. The minimum atomic E-state index is 1.39. The molecule has 0 saturated heterocycles. The van der Waals surface area contributed by atoms with Gasteiger partial charge in [-0.25, -0.2) is 0 Å². The molecule has 0 fully saturated rings. The Balaban J connectivity index is 2.96. The lowest BCUT2D eigenvalue weighted by atomic mass is 10.8. The van der Waals surface area contributed by atoms with Crippen molar-refractivity contribution >= 4 is 6.72 Å². The number of nitrogens with zero attached hydrogens (tertiary/aromatic N) is 3. The zero-order valence-corrected chi connectivity index (χ0v) is 3.78. The van der Waals surface area contributed by atoms with E-state index in [1.807, 2.05) is 0 Å². The number of hydrogen-bond donors (Lipinski definition) is 0. The molecule has 0 amide bonds. The SMILES string of the molecule is C=Nn1cccn1. The van der Waals surface area contributed by atoms with Gasteiger partial charge in [0.1, 0.15) is 0 Å². The second kappa shape index (κ2) is 1.55.